The molecule has 0 bridgehead atoms. The minimum Gasteiger partial charge on any atom is -0.354 e. The van der Waals surface area contributed by atoms with E-state index in [1.54, 1.807) is 11.8 Å². The van der Waals surface area contributed by atoms with Crippen LogP contribution < -0.4 is 16.0 Å². The normalized spacial score (nSPS) is 28.8. The van der Waals surface area contributed by atoms with Crippen molar-refractivity contribution < 1.29 is 9.59 Å². The molecule has 0 saturated carbocycles. The average molecular weight is 280 g/mol. The summed E-state index contributed by atoms with van der Waals surface area (Å²) < 4.78 is 0. The first-order chi connectivity index (χ1) is 7.77. The highest BCUT2D eigenvalue weighted by atomic mass is 35.5. The number of amides is 2. The van der Waals surface area contributed by atoms with E-state index in [0.717, 1.165) is 37.4 Å². The number of thioether (sulfide) groups is 1. The first-order valence-corrected chi connectivity index (χ1v) is 6.82. The standard InChI is InChI=1S/C10H17N3O2S.ClH/c14-9-7(3-1-2-4-11-9)13-10(15)8-5-16-6-12-8;/h7-8,12H,1-6H2,(H,11,14)(H,13,15);1H. The number of halogens is 1. The number of rotatable bonds is 2. The lowest BCUT2D eigenvalue weighted by Gasteiger charge is -2.17. The topological polar surface area (TPSA) is 70.2 Å². The lowest BCUT2D eigenvalue weighted by Crippen LogP contribution is -2.51. The number of carbonyl (C=O) groups excluding carboxylic acids is 2. The molecule has 0 spiro atoms. The molecule has 2 atom stereocenters. The smallest absolute Gasteiger partial charge is 0.242 e. The average Bonchev–Trinajstić information content (AvgIpc) is 2.73. The Morgan fingerprint density at radius 2 is 2.24 bits per heavy atom. The van der Waals surface area contributed by atoms with Crippen LogP contribution in [0.5, 0.6) is 0 Å². The zero-order valence-corrected chi connectivity index (χ0v) is 11.2. The Kier molecular flexibility index (Phi) is 6.08. The molecule has 2 fully saturated rings. The second kappa shape index (κ2) is 7.08. The lowest BCUT2D eigenvalue weighted by molar-refractivity contribution is -0.129. The molecule has 2 aliphatic heterocycles. The van der Waals surface area contributed by atoms with Gasteiger partial charge in [-0.25, -0.2) is 0 Å². The fraction of sp³-hybridized carbons (Fsp3) is 0.800. The van der Waals surface area contributed by atoms with Gasteiger partial charge < -0.3 is 10.6 Å². The maximum atomic E-state index is 11.8. The number of carbonyl (C=O) groups is 2. The van der Waals surface area contributed by atoms with Crippen LogP contribution in [0.3, 0.4) is 0 Å². The SMILES string of the molecule is Cl.O=C(NC1CCCCNC1=O)C1CSCN1. The van der Waals surface area contributed by atoms with Crippen molar-refractivity contribution in [3.05, 3.63) is 0 Å². The largest absolute Gasteiger partial charge is 0.354 e. The Morgan fingerprint density at radius 3 is 2.94 bits per heavy atom. The van der Waals surface area contributed by atoms with E-state index in [1.165, 1.54) is 0 Å². The third kappa shape index (κ3) is 4.04. The summed E-state index contributed by atoms with van der Waals surface area (Å²) in [5, 5.41) is 8.73. The van der Waals surface area contributed by atoms with Crippen molar-refractivity contribution in [2.75, 3.05) is 18.2 Å². The highest BCUT2D eigenvalue weighted by Crippen LogP contribution is 2.11. The monoisotopic (exact) mass is 279 g/mol. The number of nitrogens with one attached hydrogen (secondary N) is 3. The van der Waals surface area contributed by atoms with E-state index in [1.807, 2.05) is 0 Å². The van der Waals surface area contributed by atoms with E-state index in [4.69, 9.17) is 0 Å². The van der Waals surface area contributed by atoms with Gasteiger partial charge in [0.1, 0.15) is 6.04 Å². The van der Waals surface area contributed by atoms with Gasteiger partial charge in [-0.1, -0.05) is 0 Å². The molecule has 0 aromatic rings. The first kappa shape index (κ1) is 14.6. The molecule has 5 nitrogen and oxygen atoms in total. The Hall–Kier alpha value is -0.460. The highest BCUT2D eigenvalue weighted by Gasteiger charge is 2.27. The van der Waals surface area contributed by atoms with Crippen molar-refractivity contribution in [3.63, 3.8) is 0 Å². The van der Waals surface area contributed by atoms with Crippen LogP contribution in [0.4, 0.5) is 0 Å². The summed E-state index contributed by atoms with van der Waals surface area (Å²) in [6.07, 6.45) is 2.73. The van der Waals surface area contributed by atoms with Crippen molar-refractivity contribution in [2.45, 2.75) is 31.3 Å². The molecular formula is C10H18ClN3O2S. The number of hydrogen-bond acceptors (Lipinski definition) is 4. The Morgan fingerprint density at radius 1 is 1.41 bits per heavy atom. The Balaban J connectivity index is 0.00000144. The molecule has 2 heterocycles. The molecule has 2 aliphatic rings. The van der Waals surface area contributed by atoms with Crippen LogP contribution in [0, 0.1) is 0 Å². The molecule has 0 aromatic heterocycles. The molecule has 0 aromatic carbocycles. The van der Waals surface area contributed by atoms with Crippen molar-refractivity contribution in [2.24, 2.45) is 0 Å². The van der Waals surface area contributed by atoms with Gasteiger partial charge in [-0.15, -0.1) is 24.2 Å². The van der Waals surface area contributed by atoms with E-state index in [-0.39, 0.29) is 36.3 Å². The van der Waals surface area contributed by atoms with Gasteiger partial charge >= 0.3 is 0 Å². The van der Waals surface area contributed by atoms with Crippen LogP contribution in [-0.2, 0) is 9.59 Å². The van der Waals surface area contributed by atoms with Gasteiger partial charge in [0.15, 0.2) is 0 Å². The van der Waals surface area contributed by atoms with Gasteiger partial charge in [0.2, 0.25) is 11.8 Å². The summed E-state index contributed by atoms with van der Waals surface area (Å²) in [7, 11) is 0. The predicted octanol–water partition coefficient (Wildman–Crippen LogP) is -0.144. The van der Waals surface area contributed by atoms with Crippen LogP contribution in [0.2, 0.25) is 0 Å². The van der Waals surface area contributed by atoms with Crippen LogP contribution in [0.1, 0.15) is 19.3 Å². The van der Waals surface area contributed by atoms with E-state index in [9.17, 15) is 9.59 Å². The molecule has 3 N–H and O–H groups in total. The van der Waals surface area contributed by atoms with Gasteiger partial charge in [0, 0.05) is 18.2 Å². The lowest BCUT2D eigenvalue weighted by atomic mass is 10.1. The van der Waals surface area contributed by atoms with Gasteiger partial charge in [-0.05, 0) is 19.3 Å². The minimum absolute atomic E-state index is 0. The van der Waals surface area contributed by atoms with E-state index < -0.39 is 0 Å². The molecule has 0 radical (unpaired) electrons. The van der Waals surface area contributed by atoms with Crippen molar-refractivity contribution >= 4 is 36.0 Å². The molecule has 7 heteroatoms. The summed E-state index contributed by atoms with van der Waals surface area (Å²) in [6.45, 7) is 0.725. The number of hydrogen-bond donors (Lipinski definition) is 3. The summed E-state index contributed by atoms with van der Waals surface area (Å²) in [5.74, 6) is 1.51. The third-order valence-corrected chi connectivity index (χ3v) is 3.82. The van der Waals surface area contributed by atoms with E-state index in [0.29, 0.717) is 0 Å². The molecule has 98 valence electrons. The zero-order chi connectivity index (χ0) is 11.4. The van der Waals surface area contributed by atoms with Crippen LogP contribution >= 0.6 is 24.2 Å². The van der Waals surface area contributed by atoms with Gasteiger partial charge in [0.25, 0.3) is 0 Å². The highest BCUT2D eigenvalue weighted by molar-refractivity contribution is 7.99. The molecule has 2 amide bonds. The van der Waals surface area contributed by atoms with Crippen LogP contribution in [-0.4, -0.2) is 42.1 Å². The molecular weight excluding hydrogens is 262 g/mol. The Labute approximate surface area is 111 Å². The maximum absolute atomic E-state index is 11.8. The molecule has 2 unspecified atom stereocenters. The Bertz CT molecular complexity index is 285. The first-order valence-electron chi connectivity index (χ1n) is 5.66. The van der Waals surface area contributed by atoms with Crippen molar-refractivity contribution in [1.29, 1.82) is 0 Å². The predicted molar refractivity (Wildman–Crippen MR) is 70.3 cm³/mol. The summed E-state index contributed by atoms with van der Waals surface area (Å²) in [4.78, 5) is 23.4. The molecule has 17 heavy (non-hydrogen) atoms. The minimum atomic E-state index is -0.345. The second-order valence-electron chi connectivity index (χ2n) is 4.12. The van der Waals surface area contributed by atoms with E-state index >= 15 is 0 Å². The quantitative estimate of drug-likeness (QED) is 0.658. The molecule has 2 saturated heterocycles. The zero-order valence-electron chi connectivity index (χ0n) is 9.53. The molecule has 0 aliphatic carbocycles. The third-order valence-electron chi connectivity index (χ3n) is 2.88. The van der Waals surface area contributed by atoms with Gasteiger partial charge in [-0.2, -0.15) is 0 Å². The molecule has 2 rings (SSSR count). The maximum Gasteiger partial charge on any atom is 0.242 e. The fourth-order valence-electron chi connectivity index (χ4n) is 1.91. The van der Waals surface area contributed by atoms with Gasteiger partial charge in [-0.3, -0.25) is 14.9 Å². The summed E-state index contributed by atoms with van der Waals surface area (Å²) in [5.41, 5.74) is 0. The fourth-order valence-corrected chi connectivity index (χ4v) is 2.85. The van der Waals surface area contributed by atoms with Crippen molar-refractivity contribution in [3.8, 4) is 0 Å². The van der Waals surface area contributed by atoms with E-state index in [2.05, 4.69) is 16.0 Å². The second-order valence-corrected chi connectivity index (χ2v) is 5.15. The summed E-state index contributed by atoms with van der Waals surface area (Å²) in [6, 6.07) is -0.483. The van der Waals surface area contributed by atoms with Gasteiger partial charge in [0.05, 0.1) is 6.04 Å². The van der Waals surface area contributed by atoms with Crippen LogP contribution in [0.25, 0.3) is 0 Å². The summed E-state index contributed by atoms with van der Waals surface area (Å²) >= 11 is 1.70. The van der Waals surface area contributed by atoms with Crippen molar-refractivity contribution in [1.82, 2.24) is 16.0 Å². The van der Waals surface area contributed by atoms with Crippen LogP contribution in [0.15, 0.2) is 0 Å².